The number of halogens is 3. The summed E-state index contributed by atoms with van der Waals surface area (Å²) in [5, 5.41) is 3.66. The van der Waals surface area contributed by atoms with Crippen molar-refractivity contribution < 1.29 is 18.5 Å². The Morgan fingerprint density at radius 1 is 0.974 bits per heavy atom. The molecule has 0 atom stereocenters. The highest BCUT2D eigenvalue weighted by atomic mass is 35.5. The standard InChI is InChI=1S/C28H21Cl2FN4O3/c1-3-22-23(27(37)35(32-22)19-10-11-20(29)21(30)13-19)24-25(33-12-4-5-16(2)14-33)28(38)34(26(24)36)15-17-6-8-18(31)9-7-17/h4-14H,3,15H2,1-2H3/p+1. The molecule has 0 saturated carbocycles. The Morgan fingerprint density at radius 3 is 2.37 bits per heavy atom. The van der Waals surface area contributed by atoms with Gasteiger partial charge in [0.15, 0.2) is 12.4 Å². The van der Waals surface area contributed by atoms with Gasteiger partial charge in [-0.15, -0.1) is 0 Å². The number of aromatic nitrogens is 3. The fourth-order valence-electron chi connectivity index (χ4n) is 4.48. The lowest BCUT2D eigenvalue weighted by atomic mass is 10.0. The van der Waals surface area contributed by atoms with Gasteiger partial charge in [-0.25, -0.2) is 9.07 Å². The third-order valence-corrected chi connectivity index (χ3v) is 7.07. The SMILES string of the molecule is CCc1[nH]n(-c2ccc(Cl)c(Cl)c2)c(=O)c1C1=C([n+]2cccc(C)c2)C(=O)N(Cc2ccc(F)cc2)C1=O. The minimum atomic E-state index is -0.615. The van der Waals surface area contributed by atoms with Gasteiger partial charge < -0.3 is 0 Å². The Balaban J connectivity index is 1.71. The molecule has 0 fully saturated rings. The minimum Gasteiger partial charge on any atom is -0.294 e. The van der Waals surface area contributed by atoms with Gasteiger partial charge in [0, 0.05) is 17.3 Å². The number of benzene rings is 2. The van der Waals surface area contributed by atoms with Crippen molar-refractivity contribution in [2.45, 2.75) is 26.8 Å². The molecular formula is C28H22Cl2FN4O3+. The highest BCUT2D eigenvalue weighted by Gasteiger charge is 2.47. The first-order valence-electron chi connectivity index (χ1n) is 11.8. The predicted molar refractivity (Wildman–Crippen MR) is 142 cm³/mol. The van der Waals surface area contributed by atoms with Crippen LogP contribution in [0.3, 0.4) is 0 Å². The van der Waals surface area contributed by atoms with Crippen molar-refractivity contribution in [1.29, 1.82) is 0 Å². The average Bonchev–Trinajstić information content (AvgIpc) is 3.34. The lowest BCUT2D eigenvalue weighted by Crippen LogP contribution is -2.39. The number of rotatable bonds is 6. The van der Waals surface area contributed by atoms with Crippen LogP contribution in [-0.2, 0) is 22.6 Å². The summed E-state index contributed by atoms with van der Waals surface area (Å²) in [6.45, 7) is 3.62. The van der Waals surface area contributed by atoms with Gasteiger partial charge in [-0.05, 0) is 55.3 Å². The summed E-state index contributed by atoms with van der Waals surface area (Å²) >= 11 is 12.2. The number of nitrogens with one attached hydrogen (secondary N) is 1. The van der Waals surface area contributed by atoms with Gasteiger partial charge in [0.1, 0.15) is 11.4 Å². The van der Waals surface area contributed by atoms with Gasteiger partial charge in [0.2, 0.25) is 0 Å². The van der Waals surface area contributed by atoms with E-state index in [1.54, 1.807) is 35.2 Å². The Hall–Kier alpha value is -4.01. The fraction of sp³-hybridized carbons (Fsp3) is 0.143. The molecule has 0 aliphatic carbocycles. The Labute approximate surface area is 227 Å². The molecule has 3 heterocycles. The van der Waals surface area contributed by atoms with Gasteiger partial charge in [0.25, 0.3) is 17.2 Å². The molecule has 5 rings (SSSR count). The van der Waals surface area contributed by atoms with Gasteiger partial charge >= 0.3 is 5.91 Å². The van der Waals surface area contributed by atoms with E-state index >= 15 is 0 Å². The van der Waals surface area contributed by atoms with E-state index in [0.717, 1.165) is 10.5 Å². The molecule has 0 spiro atoms. The molecule has 7 nitrogen and oxygen atoms in total. The van der Waals surface area contributed by atoms with Crippen molar-refractivity contribution in [1.82, 2.24) is 14.7 Å². The Kier molecular flexibility index (Phi) is 6.77. The number of carbonyl (C=O) groups is 2. The Morgan fingerprint density at radius 2 is 1.71 bits per heavy atom. The van der Waals surface area contributed by atoms with Crippen LogP contribution in [0.4, 0.5) is 4.39 Å². The van der Waals surface area contributed by atoms with E-state index in [1.165, 1.54) is 35.0 Å². The quantitative estimate of drug-likeness (QED) is 0.278. The Bertz CT molecular complexity index is 1690. The second-order valence-corrected chi connectivity index (χ2v) is 9.71. The first kappa shape index (κ1) is 25.6. The molecule has 1 N–H and O–H groups in total. The zero-order valence-corrected chi connectivity index (χ0v) is 22.0. The summed E-state index contributed by atoms with van der Waals surface area (Å²) in [4.78, 5) is 42.5. The summed E-state index contributed by atoms with van der Waals surface area (Å²) in [6.07, 6.45) is 3.76. The van der Waals surface area contributed by atoms with Crippen LogP contribution in [-0.4, -0.2) is 26.5 Å². The number of amides is 2. The summed E-state index contributed by atoms with van der Waals surface area (Å²) in [7, 11) is 0. The maximum absolute atomic E-state index is 13.9. The van der Waals surface area contributed by atoms with Crippen molar-refractivity contribution in [2.24, 2.45) is 0 Å². The van der Waals surface area contributed by atoms with E-state index in [-0.39, 0.29) is 28.4 Å². The minimum absolute atomic E-state index is 0.00961. The highest BCUT2D eigenvalue weighted by Crippen LogP contribution is 2.32. The number of pyridine rings is 1. The van der Waals surface area contributed by atoms with Crippen LogP contribution < -0.4 is 10.1 Å². The number of hydrogen-bond donors (Lipinski definition) is 1. The third-order valence-electron chi connectivity index (χ3n) is 6.33. The van der Waals surface area contributed by atoms with E-state index in [4.69, 9.17) is 23.2 Å². The van der Waals surface area contributed by atoms with Crippen molar-refractivity contribution in [3.8, 4) is 5.69 Å². The lowest BCUT2D eigenvalue weighted by molar-refractivity contribution is -0.577. The molecule has 2 aromatic carbocycles. The van der Waals surface area contributed by atoms with E-state index < -0.39 is 23.2 Å². The fourth-order valence-corrected chi connectivity index (χ4v) is 4.77. The van der Waals surface area contributed by atoms with Gasteiger partial charge in [-0.1, -0.05) is 42.3 Å². The van der Waals surface area contributed by atoms with Crippen LogP contribution in [0, 0.1) is 12.7 Å². The number of H-pyrrole nitrogens is 1. The lowest BCUT2D eigenvalue weighted by Gasteiger charge is -2.14. The van der Waals surface area contributed by atoms with Crippen LogP contribution >= 0.6 is 23.2 Å². The monoisotopic (exact) mass is 551 g/mol. The van der Waals surface area contributed by atoms with Gasteiger partial charge in [-0.3, -0.25) is 24.4 Å². The van der Waals surface area contributed by atoms with E-state index in [0.29, 0.717) is 28.4 Å². The van der Waals surface area contributed by atoms with E-state index in [2.05, 4.69) is 5.10 Å². The molecule has 4 aromatic rings. The van der Waals surface area contributed by atoms with Crippen molar-refractivity contribution in [3.63, 3.8) is 0 Å². The first-order chi connectivity index (χ1) is 18.2. The molecule has 38 heavy (non-hydrogen) atoms. The normalized spacial score (nSPS) is 13.7. The van der Waals surface area contributed by atoms with Crippen LogP contribution in [0.15, 0.2) is 71.8 Å². The van der Waals surface area contributed by atoms with Crippen molar-refractivity contribution >= 4 is 46.3 Å². The summed E-state index contributed by atoms with van der Waals surface area (Å²) in [6, 6.07) is 13.9. The topological polar surface area (TPSA) is 79.1 Å². The predicted octanol–water partition coefficient (Wildman–Crippen LogP) is 4.71. The number of aryl methyl sites for hydroxylation is 2. The van der Waals surface area contributed by atoms with Crippen LogP contribution in [0.5, 0.6) is 0 Å². The smallest absolute Gasteiger partial charge is 0.294 e. The molecule has 1 aliphatic heterocycles. The van der Waals surface area contributed by atoms with Crippen LogP contribution in [0.1, 0.15) is 29.3 Å². The maximum Gasteiger partial charge on any atom is 0.327 e. The largest absolute Gasteiger partial charge is 0.327 e. The molecule has 0 radical (unpaired) electrons. The zero-order valence-electron chi connectivity index (χ0n) is 20.5. The van der Waals surface area contributed by atoms with E-state index in [9.17, 15) is 18.8 Å². The van der Waals surface area contributed by atoms with Crippen LogP contribution in [0.2, 0.25) is 10.0 Å². The molecule has 0 bridgehead atoms. The molecule has 192 valence electrons. The maximum atomic E-state index is 13.9. The number of nitrogens with zero attached hydrogens (tertiary/aromatic N) is 3. The van der Waals surface area contributed by atoms with Crippen molar-refractivity contribution in [2.75, 3.05) is 0 Å². The number of imide groups is 1. The zero-order chi connectivity index (χ0) is 27.1. The highest BCUT2D eigenvalue weighted by molar-refractivity contribution is 6.44. The second kappa shape index (κ2) is 10.0. The van der Waals surface area contributed by atoms with E-state index in [1.807, 2.05) is 19.9 Å². The number of aromatic amines is 1. The first-order valence-corrected chi connectivity index (χ1v) is 12.6. The van der Waals surface area contributed by atoms with Gasteiger partial charge in [0.05, 0.1) is 27.8 Å². The summed E-state index contributed by atoms with van der Waals surface area (Å²) in [5.41, 5.74) is 1.98. The van der Waals surface area contributed by atoms with Crippen molar-refractivity contribution in [3.05, 3.63) is 116 Å². The average molecular weight is 552 g/mol. The molecule has 2 aromatic heterocycles. The molecule has 0 saturated heterocycles. The number of carbonyl (C=O) groups excluding carboxylic acids is 2. The second-order valence-electron chi connectivity index (χ2n) is 8.89. The molecule has 1 aliphatic rings. The molecule has 10 heteroatoms. The van der Waals surface area contributed by atoms with Gasteiger partial charge in [-0.2, -0.15) is 4.57 Å². The molecular weight excluding hydrogens is 530 g/mol. The molecule has 0 unspecified atom stereocenters. The molecule has 2 amide bonds. The number of hydrogen-bond acceptors (Lipinski definition) is 3. The third kappa shape index (κ3) is 4.46. The summed E-state index contributed by atoms with van der Waals surface area (Å²) < 4.78 is 16.3. The summed E-state index contributed by atoms with van der Waals surface area (Å²) in [5.74, 6) is -1.60. The van der Waals surface area contributed by atoms with Crippen LogP contribution in [0.25, 0.3) is 17.0 Å².